The van der Waals surface area contributed by atoms with E-state index < -0.39 is 0 Å². The summed E-state index contributed by atoms with van der Waals surface area (Å²) in [6, 6.07) is 6.03. The Morgan fingerprint density at radius 2 is 1.90 bits per heavy atom. The molecule has 2 aromatic rings. The fourth-order valence-corrected chi connectivity index (χ4v) is 2.28. The molecule has 0 radical (unpaired) electrons. The zero-order chi connectivity index (χ0) is 15.6. The summed E-state index contributed by atoms with van der Waals surface area (Å²) in [6.45, 7) is 4.47. The predicted octanol–water partition coefficient (Wildman–Crippen LogP) is 2.38. The van der Waals surface area contributed by atoms with E-state index in [2.05, 4.69) is 5.10 Å². The molecule has 0 fully saturated rings. The van der Waals surface area contributed by atoms with Crippen LogP contribution in [-0.4, -0.2) is 27.6 Å². The average Bonchev–Trinajstić information content (AvgIpc) is 2.68. The summed E-state index contributed by atoms with van der Waals surface area (Å²) in [5.41, 5.74) is 3.89. The molecule has 0 unspecified atom stereocenters. The van der Waals surface area contributed by atoms with E-state index in [4.69, 9.17) is 0 Å². The minimum atomic E-state index is -0.291. The smallest absolute Gasteiger partial charge is 0.227 e. The summed E-state index contributed by atoms with van der Waals surface area (Å²) in [7, 11) is 3.67. The molecule has 1 aromatic carbocycles. The number of carbonyl (C=O) groups excluding carboxylic acids is 1. The second-order valence-corrected chi connectivity index (χ2v) is 5.33. The normalized spacial score (nSPS) is 10.7. The van der Waals surface area contributed by atoms with Gasteiger partial charge >= 0.3 is 0 Å². The standard InChI is InChI=1S/C16H20FN3O/c1-11-15(12(2)20(4)18-11)10-19(3)16(21)9-13-5-7-14(17)8-6-13/h5-8H,9-10H2,1-4H3. The first-order valence-corrected chi connectivity index (χ1v) is 6.86. The molecule has 1 heterocycles. The number of aryl methyl sites for hydroxylation is 2. The minimum Gasteiger partial charge on any atom is -0.341 e. The van der Waals surface area contributed by atoms with Crippen molar-refractivity contribution >= 4 is 5.91 Å². The van der Waals surface area contributed by atoms with Gasteiger partial charge in [0.2, 0.25) is 5.91 Å². The third kappa shape index (κ3) is 3.48. The van der Waals surface area contributed by atoms with Crippen molar-refractivity contribution in [3.05, 3.63) is 52.6 Å². The van der Waals surface area contributed by atoms with E-state index in [-0.39, 0.29) is 18.1 Å². The molecule has 0 aliphatic heterocycles. The lowest BCUT2D eigenvalue weighted by atomic mass is 10.1. The predicted molar refractivity (Wildman–Crippen MR) is 79.3 cm³/mol. The number of rotatable bonds is 4. The molecule has 1 amide bonds. The minimum absolute atomic E-state index is 0.00395. The Kier molecular flexibility index (Phi) is 4.40. The quantitative estimate of drug-likeness (QED) is 0.866. The van der Waals surface area contributed by atoms with Gasteiger partial charge in [0.05, 0.1) is 12.1 Å². The van der Waals surface area contributed by atoms with Crippen molar-refractivity contribution in [3.63, 3.8) is 0 Å². The van der Waals surface area contributed by atoms with Crippen LogP contribution in [0.2, 0.25) is 0 Å². The van der Waals surface area contributed by atoms with Crippen LogP contribution in [0.25, 0.3) is 0 Å². The van der Waals surface area contributed by atoms with E-state index in [0.717, 1.165) is 22.5 Å². The number of carbonyl (C=O) groups is 1. The van der Waals surface area contributed by atoms with Crippen LogP contribution >= 0.6 is 0 Å². The van der Waals surface area contributed by atoms with Gasteiger partial charge in [0, 0.05) is 31.9 Å². The number of halogens is 1. The Labute approximate surface area is 124 Å². The maximum atomic E-state index is 12.9. The molecule has 112 valence electrons. The van der Waals surface area contributed by atoms with Crippen LogP contribution in [0.4, 0.5) is 4.39 Å². The van der Waals surface area contributed by atoms with Gasteiger partial charge in [0.1, 0.15) is 5.82 Å². The summed E-state index contributed by atoms with van der Waals surface area (Å²) in [4.78, 5) is 13.9. The molecule has 4 nitrogen and oxygen atoms in total. The SMILES string of the molecule is Cc1nn(C)c(C)c1CN(C)C(=O)Cc1ccc(F)cc1. The third-order valence-corrected chi connectivity index (χ3v) is 3.75. The molecule has 0 aliphatic carbocycles. The summed E-state index contributed by atoms with van der Waals surface area (Å²) < 4.78 is 14.7. The number of hydrogen-bond acceptors (Lipinski definition) is 2. The molecular weight excluding hydrogens is 269 g/mol. The van der Waals surface area contributed by atoms with Crippen LogP contribution in [0.15, 0.2) is 24.3 Å². The molecule has 21 heavy (non-hydrogen) atoms. The van der Waals surface area contributed by atoms with Gasteiger partial charge in [-0.3, -0.25) is 9.48 Å². The summed E-state index contributed by atoms with van der Waals surface area (Å²) in [5, 5.41) is 4.35. The monoisotopic (exact) mass is 289 g/mol. The van der Waals surface area contributed by atoms with Crippen LogP contribution in [-0.2, 0) is 24.8 Å². The summed E-state index contributed by atoms with van der Waals surface area (Å²) in [6.07, 6.45) is 0.273. The topological polar surface area (TPSA) is 38.1 Å². The Morgan fingerprint density at radius 3 is 2.43 bits per heavy atom. The van der Waals surface area contributed by atoms with Gasteiger partial charge in [-0.15, -0.1) is 0 Å². The lowest BCUT2D eigenvalue weighted by molar-refractivity contribution is -0.129. The molecule has 0 saturated heterocycles. The van der Waals surface area contributed by atoms with Gasteiger partial charge in [0.25, 0.3) is 0 Å². The number of benzene rings is 1. The van der Waals surface area contributed by atoms with Crippen molar-refractivity contribution in [1.29, 1.82) is 0 Å². The van der Waals surface area contributed by atoms with E-state index in [1.54, 1.807) is 24.1 Å². The molecular formula is C16H20FN3O. The van der Waals surface area contributed by atoms with Crippen molar-refractivity contribution in [1.82, 2.24) is 14.7 Å². The van der Waals surface area contributed by atoms with E-state index in [0.29, 0.717) is 6.54 Å². The summed E-state index contributed by atoms with van der Waals surface area (Å²) in [5.74, 6) is -0.287. The largest absolute Gasteiger partial charge is 0.341 e. The molecule has 0 atom stereocenters. The van der Waals surface area contributed by atoms with Gasteiger partial charge in [0.15, 0.2) is 0 Å². The molecule has 0 bridgehead atoms. The van der Waals surface area contributed by atoms with Crippen molar-refractivity contribution < 1.29 is 9.18 Å². The Balaban J connectivity index is 2.04. The third-order valence-electron chi connectivity index (χ3n) is 3.75. The lowest BCUT2D eigenvalue weighted by Gasteiger charge is -2.17. The van der Waals surface area contributed by atoms with Crippen LogP contribution < -0.4 is 0 Å². The van der Waals surface area contributed by atoms with E-state index >= 15 is 0 Å². The fourth-order valence-electron chi connectivity index (χ4n) is 2.28. The summed E-state index contributed by atoms with van der Waals surface area (Å²) >= 11 is 0. The highest BCUT2D eigenvalue weighted by Gasteiger charge is 2.15. The maximum absolute atomic E-state index is 12.9. The Morgan fingerprint density at radius 1 is 1.29 bits per heavy atom. The van der Waals surface area contributed by atoms with Crippen molar-refractivity contribution in [2.24, 2.45) is 7.05 Å². The Bertz CT molecular complexity index is 646. The van der Waals surface area contributed by atoms with Gasteiger partial charge in [-0.1, -0.05) is 12.1 Å². The number of likely N-dealkylation sites (N-methyl/N-ethyl adjacent to an activating group) is 1. The van der Waals surface area contributed by atoms with E-state index in [1.165, 1.54) is 12.1 Å². The molecule has 0 N–H and O–H groups in total. The second-order valence-electron chi connectivity index (χ2n) is 5.33. The van der Waals surface area contributed by atoms with Crippen molar-refractivity contribution in [2.45, 2.75) is 26.8 Å². The number of amides is 1. The van der Waals surface area contributed by atoms with Gasteiger partial charge in [-0.2, -0.15) is 5.10 Å². The second kappa shape index (κ2) is 6.08. The number of hydrogen-bond donors (Lipinski definition) is 0. The fraction of sp³-hybridized carbons (Fsp3) is 0.375. The number of aromatic nitrogens is 2. The zero-order valence-corrected chi connectivity index (χ0v) is 12.9. The van der Waals surface area contributed by atoms with Crippen LogP contribution in [0.5, 0.6) is 0 Å². The van der Waals surface area contributed by atoms with Crippen molar-refractivity contribution in [2.75, 3.05) is 7.05 Å². The van der Waals surface area contributed by atoms with Gasteiger partial charge in [-0.25, -0.2) is 4.39 Å². The van der Waals surface area contributed by atoms with Crippen LogP contribution in [0, 0.1) is 19.7 Å². The van der Waals surface area contributed by atoms with Gasteiger partial charge in [-0.05, 0) is 31.5 Å². The van der Waals surface area contributed by atoms with Crippen molar-refractivity contribution in [3.8, 4) is 0 Å². The van der Waals surface area contributed by atoms with Crippen LogP contribution in [0.1, 0.15) is 22.5 Å². The zero-order valence-electron chi connectivity index (χ0n) is 12.9. The molecule has 2 rings (SSSR count). The molecule has 5 heteroatoms. The highest BCUT2D eigenvalue weighted by atomic mass is 19.1. The molecule has 0 spiro atoms. The van der Waals surface area contributed by atoms with Gasteiger partial charge < -0.3 is 4.90 Å². The van der Waals surface area contributed by atoms with Crippen LogP contribution in [0.3, 0.4) is 0 Å². The van der Waals surface area contributed by atoms with E-state index in [1.807, 2.05) is 25.6 Å². The first-order valence-electron chi connectivity index (χ1n) is 6.86. The maximum Gasteiger partial charge on any atom is 0.227 e. The molecule has 0 saturated carbocycles. The highest BCUT2D eigenvalue weighted by Crippen LogP contribution is 2.15. The molecule has 0 aliphatic rings. The number of nitrogens with zero attached hydrogens (tertiary/aromatic N) is 3. The first-order chi connectivity index (χ1) is 9.88. The highest BCUT2D eigenvalue weighted by molar-refractivity contribution is 5.78. The molecule has 1 aromatic heterocycles. The van der Waals surface area contributed by atoms with E-state index in [9.17, 15) is 9.18 Å². The average molecular weight is 289 g/mol. The first kappa shape index (κ1) is 15.2. The Hall–Kier alpha value is -2.17. The lowest BCUT2D eigenvalue weighted by Crippen LogP contribution is -2.28.